The third-order valence-electron chi connectivity index (χ3n) is 4.83. The number of allylic oxidation sites excluding steroid dienone is 1. The second-order valence-electron chi connectivity index (χ2n) is 8.18. The van der Waals surface area contributed by atoms with Crippen LogP contribution in [0.1, 0.15) is 53.5 Å². The number of ether oxygens (including phenoxy) is 4. The lowest BCUT2D eigenvalue weighted by molar-refractivity contribution is -0.139. The van der Waals surface area contributed by atoms with Crippen molar-refractivity contribution >= 4 is 23.8 Å². The normalized spacial score (nSPS) is 10.9. The number of carboxylic acids is 1. The Kier molecular flexibility index (Phi) is 11.5. The van der Waals surface area contributed by atoms with Crippen LogP contribution in [0.4, 0.5) is 0 Å². The molecule has 0 aliphatic rings. The van der Waals surface area contributed by atoms with Crippen molar-refractivity contribution in [3.8, 4) is 17.2 Å². The van der Waals surface area contributed by atoms with Crippen LogP contribution in [0.15, 0.2) is 42.5 Å². The third-order valence-corrected chi connectivity index (χ3v) is 4.83. The molecule has 0 aliphatic carbocycles. The zero-order valence-electron chi connectivity index (χ0n) is 20.8. The van der Waals surface area contributed by atoms with Gasteiger partial charge in [0.15, 0.2) is 12.4 Å². The van der Waals surface area contributed by atoms with Crippen molar-refractivity contribution in [2.45, 2.75) is 27.2 Å². The molecule has 2 aromatic carbocycles. The van der Waals surface area contributed by atoms with Crippen LogP contribution in [-0.4, -0.2) is 55.8 Å². The summed E-state index contributed by atoms with van der Waals surface area (Å²) in [7, 11) is 0. The molecule has 3 N–H and O–H groups in total. The average Bonchev–Trinajstić information content (AvgIpc) is 2.85. The van der Waals surface area contributed by atoms with Crippen molar-refractivity contribution in [3.05, 3.63) is 59.2 Å². The lowest BCUT2D eigenvalue weighted by atomic mass is 10.1. The Bertz CT molecular complexity index is 1080. The van der Waals surface area contributed by atoms with Crippen LogP contribution in [0.25, 0.3) is 6.08 Å². The zero-order chi connectivity index (χ0) is 26.5. The van der Waals surface area contributed by atoms with E-state index >= 15 is 0 Å². The molecular formula is C27H33NO8. The molecule has 0 fully saturated rings. The van der Waals surface area contributed by atoms with Gasteiger partial charge >= 0.3 is 11.9 Å². The maximum atomic E-state index is 13.1. The van der Waals surface area contributed by atoms with Gasteiger partial charge in [0.05, 0.1) is 18.8 Å². The number of carbonyl (C=O) groups is 3. The summed E-state index contributed by atoms with van der Waals surface area (Å²) in [6, 6.07) is 9.56. The van der Waals surface area contributed by atoms with Gasteiger partial charge in [0.2, 0.25) is 0 Å². The number of ketones is 1. The van der Waals surface area contributed by atoms with Crippen LogP contribution in [0.2, 0.25) is 0 Å². The fourth-order valence-electron chi connectivity index (χ4n) is 3.05. The molecule has 0 bridgehead atoms. The minimum absolute atomic E-state index is 0.0580. The summed E-state index contributed by atoms with van der Waals surface area (Å²) in [5, 5.41) is 8.87. The smallest absolute Gasteiger partial charge is 0.341 e. The molecule has 0 saturated carbocycles. The summed E-state index contributed by atoms with van der Waals surface area (Å²) < 4.78 is 21.7. The van der Waals surface area contributed by atoms with Gasteiger partial charge in [-0.1, -0.05) is 26.0 Å². The van der Waals surface area contributed by atoms with E-state index in [9.17, 15) is 14.4 Å². The summed E-state index contributed by atoms with van der Waals surface area (Å²) in [5.41, 5.74) is 6.42. The molecule has 0 amide bonds. The molecular weight excluding hydrogens is 466 g/mol. The minimum Gasteiger partial charge on any atom is -0.493 e. The second kappa shape index (κ2) is 14.5. The van der Waals surface area contributed by atoms with Gasteiger partial charge in [-0.25, -0.2) is 9.59 Å². The van der Waals surface area contributed by atoms with Gasteiger partial charge in [-0.05, 0) is 61.2 Å². The van der Waals surface area contributed by atoms with Crippen molar-refractivity contribution < 1.29 is 38.4 Å². The summed E-state index contributed by atoms with van der Waals surface area (Å²) in [6.07, 6.45) is 3.73. The van der Waals surface area contributed by atoms with Gasteiger partial charge in [-0.2, -0.15) is 0 Å². The van der Waals surface area contributed by atoms with Gasteiger partial charge in [0.1, 0.15) is 29.4 Å². The Balaban J connectivity index is 2.31. The molecule has 0 atom stereocenters. The zero-order valence-corrected chi connectivity index (χ0v) is 20.8. The average molecular weight is 500 g/mol. The fourth-order valence-corrected chi connectivity index (χ4v) is 3.05. The molecule has 0 aromatic heterocycles. The predicted octanol–water partition coefficient (Wildman–Crippen LogP) is 3.99. The lowest BCUT2D eigenvalue weighted by Gasteiger charge is -2.13. The number of hydrogen-bond donors (Lipinski definition) is 2. The van der Waals surface area contributed by atoms with E-state index in [-0.39, 0.29) is 23.7 Å². The van der Waals surface area contributed by atoms with E-state index in [0.29, 0.717) is 48.3 Å². The highest BCUT2D eigenvalue weighted by atomic mass is 16.5. The van der Waals surface area contributed by atoms with E-state index < -0.39 is 18.5 Å². The van der Waals surface area contributed by atoms with Crippen LogP contribution in [0.3, 0.4) is 0 Å². The first-order valence-electron chi connectivity index (χ1n) is 11.7. The number of hydrogen-bond acceptors (Lipinski definition) is 8. The molecule has 9 nitrogen and oxygen atoms in total. The van der Waals surface area contributed by atoms with Crippen LogP contribution in [0.5, 0.6) is 17.2 Å². The van der Waals surface area contributed by atoms with E-state index in [1.54, 1.807) is 31.2 Å². The molecule has 36 heavy (non-hydrogen) atoms. The molecule has 9 heteroatoms. The fraction of sp³-hybridized carbons (Fsp3) is 0.370. The summed E-state index contributed by atoms with van der Waals surface area (Å²) in [5.74, 6) is -0.699. The molecule has 2 rings (SSSR count). The van der Waals surface area contributed by atoms with E-state index in [1.165, 1.54) is 24.3 Å². The highest BCUT2D eigenvalue weighted by molar-refractivity contribution is 6.09. The van der Waals surface area contributed by atoms with Crippen LogP contribution < -0.4 is 19.9 Å². The number of carboxylic acid groups (broad SMARTS) is 1. The maximum absolute atomic E-state index is 13.1. The molecule has 0 heterocycles. The summed E-state index contributed by atoms with van der Waals surface area (Å²) >= 11 is 0. The highest BCUT2D eigenvalue weighted by Crippen LogP contribution is 2.27. The van der Waals surface area contributed by atoms with Crippen molar-refractivity contribution in [2.75, 3.05) is 33.0 Å². The van der Waals surface area contributed by atoms with Crippen molar-refractivity contribution in [1.29, 1.82) is 0 Å². The Morgan fingerprint density at radius 3 is 2.36 bits per heavy atom. The number of rotatable bonds is 15. The van der Waals surface area contributed by atoms with Crippen molar-refractivity contribution in [2.24, 2.45) is 11.7 Å². The number of aliphatic carboxylic acids is 1. The highest BCUT2D eigenvalue weighted by Gasteiger charge is 2.16. The standard InChI is InChI=1S/C27H33NO8/c1-4-33-27(32)22-15-19(6-9-25(22)36-17-26(30)31)5-8-23(29)21-16-20(34-14-12-28)7-10-24(21)35-13-11-18(2)3/h5-10,15-16,18H,4,11-14,17,28H2,1-3H3,(H,30,31). The Morgan fingerprint density at radius 1 is 0.972 bits per heavy atom. The van der Waals surface area contributed by atoms with E-state index in [0.717, 1.165) is 6.42 Å². The molecule has 0 unspecified atom stereocenters. The van der Waals surface area contributed by atoms with E-state index in [1.807, 2.05) is 0 Å². The van der Waals surface area contributed by atoms with Crippen LogP contribution in [-0.2, 0) is 9.53 Å². The Hall–Kier alpha value is -3.85. The van der Waals surface area contributed by atoms with Gasteiger partial charge < -0.3 is 29.8 Å². The Morgan fingerprint density at radius 2 is 1.69 bits per heavy atom. The first-order chi connectivity index (χ1) is 17.2. The third kappa shape index (κ3) is 9.07. The Labute approximate surface area is 210 Å². The van der Waals surface area contributed by atoms with Crippen molar-refractivity contribution in [1.82, 2.24) is 0 Å². The summed E-state index contributed by atoms with van der Waals surface area (Å²) in [4.78, 5) is 36.3. The largest absolute Gasteiger partial charge is 0.493 e. The maximum Gasteiger partial charge on any atom is 0.341 e. The first-order valence-corrected chi connectivity index (χ1v) is 11.7. The van der Waals surface area contributed by atoms with Crippen LogP contribution in [0, 0.1) is 5.92 Å². The van der Waals surface area contributed by atoms with Gasteiger partial charge in [-0.15, -0.1) is 0 Å². The number of nitrogens with two attached hydrogens (primary N) is 1. The minimum atomic E-state index is -1.18. The number of benzene rings is 2. The van der Waals surface area contributed by atoms with Crippen LogP contribution >= 0.6 is 0 Å². The molecule has 0 saturated heterocycles. The molecule has 2 aromatic rings. The SMILES string of the molecule is CCOC(=O)c1cc(C=CC(=O)c2cc(OCCN)ccc2OCCC(C)C)ccc1OCC(=O)O. The topological polar surface area (TPSA) is 134 Å². The molecule has 0 radical (unpaired) electrons. The lowest BCUT2D eigenvalue weighted by Crippen LogP contribution is -2.13. The second-order valence-corrected chi connectivity index (χ2v) is 8.18. The summed E-state index contributed by atoms with van der Waals surface area (Å²) in [6.45, 7) is 6.47. The molecule has 194 valence electrons. The predicted molar refractivity (Wildman–Crippen MR) is 135 cm³/mol. The van der Waals surface area contributed by atoms with E-state index in [4.69, 9.17) is 29.8 Å². The quantitative estimate of drug-likeness (QED) is 0.212. The van der Waals surface area contributed by atoms with E-state index in [2.05, 4.69) is 13.8 Å². The van der Waals surface area contributed by atoms with Gasteiger partial charge in [-0.3, -0.25) is 4.79 Å². The van der Waals surface area contributed by atoms with Gasteiger partial charge in [0.25, 0.3) is 0 Å². The molecule has 0 spiro atoms. The van der Waals surface area contributed by atoms with Crippen molar-refractivity contribution in [3.63, 3.8) is 0 Å². The first kappa shape index (κ1) is 28.4. The number of carbonyl (C=O) groups excluding carboxylic acids is 2. The number of esters is 1. The van der Waals surface area contributed by atoms with Gasteiger partial charge in [0, 0.05) is 6.54 Å². The molecule has 0 aliphatic heterocycles. The monoisotopic (exact) mass is 499 g/mol.